The molecule has 0 aromatic heterocycles. The first kappa shape index (κ1) is 42.1. The molecule has 1 aliphatic carbocycles. The van der Waals surface area contributed by atoms with E-state index in [1.807, 2.05) is 0 Å². The van der Waals surface area contributed by atoms with Crippen molar-refractivity contribution in [3.8, 4) is 0 Å². The van der Waals surface area contributed by atoms with Crippen LogP contribution < -0.4 is 15.6 Å². The fourth-order valence-corrected chi connectivity index (χ4v) is 12.9. The summed E-state index contributed by atoms with van der Waals surface area (Å²) in [5.41, 5.74) is 10.5. The smallest absolute Gasteiger partial charge is 0.0790 e. The van der Waals surface area contributed by atoms with E-state index >= 15 is 0 Å². The van der Waals surface area contributed by atoms with Gasteiger partial charge in [-0.25, -0.2) is 0 Å². The van der Waals surface area contributed by atoms with Gasteiger partial charge in [-0.05, 0) is 94.3 Å². The van der Waals surface area contributed by atoms with Gasteiger partial charge in [0.15, 0.2) is 8.07 Å². The van der Waals surface area contributed by atoms with Gasteiger partial charge in [-0.15, -0.1) is 0 Å². The molecule has 0 amide bonds. The Labute approximate surface area is 323 Å². The van der Waals surface area contributed by atoms with Crippen LogP contribution in [0.25, 0.3) is 0 Å². The van der Waals surface area contributed by atoms with Crippen molar-refractivity contribution < 1.29 is 0 Å². The summed E-state index contributed by atoms with van der Waals surface area (Å²) >= 11 is 0. The predicted octanol–water partition coefficient (Wildman–Crippen LogP) is 13.0. The molecule has 0 nitrogen and oxygen atoms in total. The second-order valence-corrected chi connectivity index (χ2v) is 26.4. The van der Waals surface area contributed by atoms with Crippen LogP contribution in [0.15, 0.2) is 78.4 Å². The second-order valence-electron chi connectivity index (χ2n) is 22.4. The van der Waals surface area contributed by atoms with E-state index in [2.05, 4.69) is 204 Å². The molecule has 0 fully saturated rings. The molecule has 0 saturated heterocycles. The van der Waals surface area contributed by atoms with Gasteiger partial charge in [0, 0.05) is 5.54 Å². The van der Waals surface area contributed by atoms with Crippen molar-refractivity contribution in [3.63, 3.8) is 0 Å². The zero-order valence-electron chi connectivity index (χ0n) is 37.1. The van der Waals surface area contributed by atoms with Gasteiger partial charge in [0.1, 0.15) is 0 Å². The van der Waals surface area contributed by atoms with E-state index in [1.165, 1.54) is 51.8 Å². The average Bonchev–Trinajstić information content (AvgIpc) is 3.46. The number of unbranched alkanes of at least 4 members (excludes halogenated alkanes) is 1. The maximum Gasteiger partial charge on any atom is 0.158 e. The molecule has 0 spiro atoms. The summed E-state index contributed by atoms with van der Waals surface area (Å²) in [5.74, 6) is 0. The SMILES string of the molecule is CCCCC1=CC([Si](c2cc(C(C)(C)C)cc(C(C)(C)C)c2)(c2cc(C(C)(C)C)cc(C(C)(C)C)c2)c2cc(C(C)(C)C)cc(C(C)(C)C)c2)C=C1. The first-order chi connectivity index (χ1) is 23.5. The van der Waals surface area contributed by atoms with Crippen LogP contribution >= 0.6 is 0 Å². The van der Waals surface area contributed by atoms with E-state index in [0.717, 1.165) is 6.42 Å². The molecule has 1 atom stereocenters. The Hall–Kier alpha value is -2.64. The zero-order valence-corrected chi connectivity index (χ0v) is 38.1. The summed E-state index contributed by atoms with van der Waals surface area (Å²) in [7, 11) is -2.90. The normalized spacial score (nSPS) is 16.4. The highest BCUT2D eigenvalue weighted by atomic mass is 28.3. The summed E-state index contributed by atoms with van der Waals surface area (Å²) in [4.78, 5) is 0. The number of hydrogen-bond donors (Lipinski definition) is 0. The minimum absolute atomic E-state index is 0.0114. The molecule has 1 heteroatoms. The lowest BCUT2D eigenvalue weighted by molar-refractivity contribution is 0.569. The van der Waals surface area contributed by atoms with E-state index in [-0.39, 0.29) is 38.0 Å². The molecule has 3 aromatic rings. The van der Waals surface area contributed by atoms with Crippen molar-refractivity contribution in [2.75, 3.05) is 0 Å². The van der Waals surface area contributed by atoms with Crippen molar-refractivity contribution in [3.05, 3.63) is 112 Å². The van der Waals surface area contributed by atoms with Crippen LogP contribution in [0, 0.1) is 0 Å². The largest absolute Gasteiger partial charge is 0.158 e. The molecule has 0 radical (unpaired) electrons. The summed E-state index contributed by atoms with van der Waals surface area (Å²) in [6.07, 6.45) is 11.4. The fourth-order valence-electron chi connectivity index (χ4n) is 7.63. The molecule has 0 bridgehead atoms. The highest BCUT2D eigenvalue weighted by Gasteiger charge is 2.48. The molecule has 284 valence electrons. The van der Waals surface area contributed by atoms with Gasteiger partial charge in [0.25, 0.3) is 0 Å². The predicted molar refractivity (Wildman–Crippen MR) is 237 cm³/mol. The van der Waals surface area contributed by atoms with Crippen LogP contribution in [0.5, 0.6) is 0 Å². The van der Waals surface area contributed by atoms with Gasteiger partial charge in [-0.2, -0.15) is 0 Å². The van der Waals surface area contributed by atoms with Crippen LogP contribution in [-0.2, 0) is 32.5 Å². The molecule has 1 unspecified atom stereocenters. The van der Waals surface area contributed by atoms with Gasteiger partial charge in [-0.3, -0.25) is 0 Å². The maximum atomic E-state index is 2.71. The molecular formula is C51H76Si. The first-order valence-corrected chi connectivity index (χ1v) is 22.5. The van der Waals surface area contributed by atoms with Gasteiger partial charge >= 0.3 is 0 Å². The molecule has 0 aliphatic heterocycles. The lowest BCUT2D eigenvalue weighted by Gasteiger charge is -2.42. The minimum atomic E-state index is -2.90. The Morgan fingerprint density at radius 2 is 0.692 bits per heavy atom. The third kappa shape index (κ3) is 9.00. The monoisotopic (exact) mass is 717 g/mol. The molecule has 1 aliphatic rings. The third-order valence-corrected chi connectivity index (χ3v) is 16.5. The summed E-state index contributed by atoms with van der Waals surface area (Å²) in [6, 6.07) is 23.5. The van der Waals surface area contributed by atoms with E-state index < -0.39 is 8.07 Å². The quantitative estimate of drug-likeness (QED) is 0.169. The Kier molecular flexibility index (Phi) is 11.5. The van der Waals surface area contributed by atoms with E-state index in [9.17, 15) is 0 Å². The Balaban J connectivity index is 2.42. The minimum Gasteiger partial charge on any atom is -0.0790 e. The first-order valence-electron chi connectivity index (χ1n) is 20.4. The van der Waals surface area contributed by atoms with Gasteiger partial charge < -0.3 is 0 Å². The van der Waals surface area contributed by atoms with E-state index in [0.29, 0.717) is 0 Å². The van der Waals surface area contributed by atoms with Crippen LogP contribution in [0.2, 0.25) is 5.54 Å². The highest BCUT2D eigenvalue weighted by Crippen LogP contribution is 2.39. The molecule has 4 rings (SSSR count). The number of benzene rings is 3. The standard InChI is InChI=1S/C51H76Si/c1-20-21-22-35-23-24-42(25-35)52(43-29-36(46(2,3)4)26-37(30-43)47(5,6)7,44-31-38(48(8,9)10)27-39(32-44)49(11,12)13)45-33-40(50(14,15)16)28-41(34-45)51(17,18)19/h23-34,42H,20-22H2,1-19H3. The van der Waals surface area contributed by atoms with Gasteiger partial charge in [-0.1, -0.05) is 216 Å². The second kappa shape index (κ2) is 14.2. The van der Waals surface area contributed by atoms with E-state index in [1.54, 1.807) is 15.6 Å². The molecule has 0 saturated carbocycles. The van der Waals surface area contributed by atoms with Crippen LogP contribution in [-0.4, -0.2) is 8.07 Å². The lowest BCUT2D eigenvalue weighted by Crippen LogP contribution is -2.70. The molecule has 52 heavy (non-hydrogen) atoms. The Morgan fingerprint density at radius 3 is 0.923 bits per heavy atom. The molecule has 3 aromatic carbocycles. The number of allylic oxidation sites excluding steroid dienone is 4. The van der Waals surface area contributed by atoms with Crippen LogP contribution in [0.4, 0.5) is 0 Å². The van der Waals surface area contributed by atoms with Crippen molar-refractivity contribution in [1.82, 2.24) is 0 Å². The number of hydrogen-bond acceptors (Lipinski definition) is 0. The summed E-state index contributed by atoms with van der Waals surface area (Å²) in [6.45, 7) is 45.5. The number of rotatable bonds is 7. The average molecular weight is 717 g/mol. The molecular weight excluding hydrogens is 641 g/mol. The van der Waals surface area contributed by atoms with Crippen molar-refractivity contribution in [2.45, 2.75) is 189 Å². The summed E-state index contributed by atoms with van der Waals surface area (Å²) < 4.78 is 0. The topological polar surface area (TPSA) is 0 Å². The van der Waals surface area contributed by atoms with Crippen LogP contribution in [0.3, 0.4) is 0 Å². The third-order valence-electron chi connectivity index (χ3n) is 11.6. The van der Waals surface area contributed by atoms with E-state index in [4.69, 9.17) is 0 Å². The molecule has 0 N–H and O–H groups in total. The molecule has 0 heterocycles. The van der Waals surface area contributed by atoms with Gasteiger partial charge in [0.2, 0.25) is 0 Å². The lowest BCUT2D eigenvalue weighted by atomic mass is 9.80. The van der Waals surface area contributed by atoms with Crippen molar-refractivity contribution in [2.24, 2.45) is 0 Å². The fraction of sp³-hybridized carbons (Fsp3) is 0.569. The van der Waals surface area contributed by atoms with Crippen LogP contribution in [0.1, 0.15) is 184 Å². The summed E-state index contributed by atoms with van der Waals surface area (Å²) in [5, 5.41) is 4.64. The zero-order chi connectivity index (χ0) is 39.5. The van der Waals surface area contributed by atoms with Crippen molar-refractivity contribution >= 4 is 23.6 Å². The maximum absolute atomic E-state index is 2.90. The van der Waals surface area contributed by atoms with Crippen molar-refractivity contribution in [1.29, 1.82) is 0 Å². The Bertz CT molecular complexity index is 1520. The highest BCUT2D eigenvalue weighted by molar-refractivity contribution is 7.13. The Morgan fingerprint density at radius 1 is 0.423 bits per heavy atom. The van der Waals surface area contributed by atoms with Gasteiger partial charge in [0.05, 0.1) is 0 Å².